The van der Waals surface area contributed by atoms with Crippen LogP contribution in [0.25, 0.3) is 21.2 Å². The minimum atomic E-state index is -1.06. The summed E-state index contributed by atoms with van der Waals surface area (Å²) in [6.45, 7) is 1.78. The molecule has 0 saturated carbocycles. The van der Waals surface area contributed by atoms with Gasteiger partial charge in [-0.1, -0.05) is 12.1 Å². The summed E-state index contributed by atoms with van der Waals surface area (Å²) in [7, 11) is 0. The summed E-state index contributed by atoms with van der Waals surface area (Å²) in [5, 5.41) is 19.3. The van der Waals surface area contributed by atoms with Crippen LogP contribution in [0.3, 0.4) is 0 Å². The highest BCUT2D eigenvalue weighted by Gasteiger charge is 2.21. The Bertz CT molecular complexity index is 953. The van der Waals surface area contributed by atoms with Gasteiger partial charge in [-0.05, 0) is 42.3 Å². The first-order valence-electron chi connectivity index (χ1n) is 6.48. The molecule has 0 fully saturated rings. The summed E-state index contributed by atoms with van der Waals surface area (Å²) in [5.41, 5.74) is 2.45. The molecule has 1 aromatic heterocycles. The lowest BCUT2D eigenvalue weighted by Crippen LogP contribution is -1.96. The second-order valence-corrected chi connectivity index (χ2v) is 5.89. The molecule has 3 aromatic rings. The number of nitriles is 1. The SMILES string of the molecule is Cc1c(C#N)cccc1-c1c(C(=O)O)sc2cc(F)ccc12. The first-order valence-corrected chi connectivity index (χ1v) is 7.30. The largest absolute Gasteiger partial charge is 0.477 e. The number of aromatic carboxylic acids is 1. The van der Waals surface area contributed by atoms with Gasteiger partial charge < -0.3 is 5.11 Å². The summed E-state index contributed by atoms with van der Waals surface area (Å²) in [4.78, 5) is 11.7. The molecule has 1 heterocycles. The number of carboxylic acid groups (broad SMARTS) is 1. The normalized spacial score (nSPS) is 10.6. The van der Waals surface area contributed by atoms with E-state index in [9.17, 15) is 14.3 Å². The minimum Gasteiger partial charge on any atom is -0.477 e. The minimum absolute atomic E-state index is 0.152. The number of fused-ring (bicyclic) bond motifs is 1. The predicted molar refractivity (Wildman–Crippen MR) is 83.6 cm³/mol. The number of rotatable bonds is 2. The molecule has 2 aromatic carbocycles. The van der Waals surface area contributed by atoms with Crippen LogP contribution >= 0.6 is 11.3 Å². The third-order valence-electron chi connectivity index (χ3n) is 3.57. The van der Waals surface area contributed by atoms with Crippen LogP contribution < -0.4 is 0 Å². The number of halogens is 1. The fourth-order valence-electron chi connectivity index (χ4n) is 2.52. The average Bonchev–Trinajstić information content (AvgIpc) is 2.86. The van der Waals surface area contributed by atoms with Crippen LogP contribution in [0, 0.1) is 24.1 Å². The van der Waals surface area contributed by atoms with E-state index < -0.39 is 11.8 Å². The number of carboxylic acids is 1. The van der Waals surface area contributed by atoms with Gasteiger partial charge in [0.15, 0.2) is 0 Å². The molecule has 1 N–H and O–H groups in total. The van der Waals surface area contributed by atoms with Crippen LogP contribution in [0.2, 0.25) is 0 Å². The maximum absolute atomic E-state index is 13.4. The molecule has 22 heavy (non-hydrogen) atoms. The molecule has 0 atom stereocenters. The molecule has 0 aliphatic rings. The zero-order valence-electron chi connectivity index (χ0n) is 11.6. The van der Waals surface area contributed by atoms with Crippen molar-refractivity contribution in [3.05, 3.63) is 58.2 Å². The van der Waals surface area contributed by atoms with Crippen molar-refractivity contribution in [2.24, 2.45) is 0 Å². The molecule has 3 rings (SSSR count). The molecule has 0 amide bonds. The van der Waals surface area contributed by atoms with Gasteiger partial charge in [0.05, 0.1) is 11.6 Å². The van der Waals surface area contributed by atoms with E-state index in [0.29, 0.717) is 26.8 Å². The number of hydrogen-bond acceptors (Lipinski definition) is 3. The maximum Gasteiger partial charge on any atom is 0.346 e. The van der Waals surface area contributed by atoms with Crippen LogP contribution in [0.5, 0.6) is 0 Å². The van der Waals surface area contributed by atoms with E-state index in [0.717, 1.165) is 16.9 Å². The van der Waals surface area contributed by atoms with Gasteiger partial charge >= 0.3 is 5.97 Å². The van der Waals surface area contributed by atoms with Gasteiger partial charge in [0.25, 0.3) is 0 Å². The van der Waals surface area contributed by atoms with E-state index in [1.165, 1.54) is 12.1 Å². The third-order valence-corrected chi connectivity index (χ3v) is 4.71. The summed E-state index contributed by atoms with van der Waals surface area (Å²) in [6, 6.07) is 11.5. The van der Waals surface area contributed by atoms with E-state index >= 15 is 0 Å². The van der Waals surface area contributed by atoms with Crippen molar-refractivity contribution in [2.45, 2.75) is 6.92 Å². The highest BCUT2D eigenvalue weighted by Crippen LogP contribution is 2.40. The molecule has 0 spiro atoms. The maximum atomic E-state index is 13.4. The first-order chi connectivity index (χ1) is 10.5. The Hall–Kier alpha value is -2.71. The summed E-state index contributed by atoms with van der Waals surface area (Å²) >= 11 is 1.04. The third kappa shape index (κ3) is 2.14. The fraction of sp³-hybridized carbons (Fsp3) is 0.0588. The number of nitrogens with zero attached hydrogens (tertiary/aromatic N) is 1. The van der Waals surface area contributed by atoms with Crippen LogP contribution in [-0.2, 0) is 0 Å². The standard InChI is InChI=1S/C17H10FNO2S/c1-9-10(8-19)3-2-4-12(9)15-13-6-5-11(18)7-14(13)22-16(15)17(20)21/h2-7H,1H3,(H,20,21). The van der Waals surface area contributed by atoms with E-state index in [-0.39, 0.29) is 4.88 Å². The molecule has 0 aliphatic heterocycles. The molecule has 0 aliphatic carbocycles. The van der Waals surface area contributed by atoms with Crippen LogP contribution in [-0.4, -0.2) is 11.1 Å². The second kappa shape index (κ2) is 5.24. The van der Waals surface area contributed by atoms with Gasteiger partial charge in [0.1, 0.15) is 10.7 Å². The van der Waals surface area contributed by atoms with Crippen molar-refractivity contribution in [2.75, 3.05) is 0 Å². The Morgan fingerprint density at radius 3 is 2.77 bits per heavy atom. The van der Waals surface area contributed by atoms with Gasteiger partial charge in [-0.25, -0.2) is 9.18 Å². The smallest absolute Gasteiger partial charge is 0.346 e. The Balaban J connectivity index is 2.42. The average molecular weight is 311 g/mol. The highest BCUT2D eigenvalue weighted by atomic mass is 32.1. The first kappa shape index (κ1) is 14.2. The monoisotopic (exact) mass is 311 g/mol. The Kier molecular flexibility index (Phi) is 3.39. The van der Waals surface area contributed by atoms with Crippen molar-refractivity contribution in [1.82, 2.24) is 0 Å². The molecule has 0 saturated heterocycles. The van der Waals surface area contributed by atoms with Crippen molar-refractivity contribution in [3.63, 3.8) is 0 Å². The number of hydrogen-bond donors (Lipinski definition) is 1. The zero-order valence-corrected chi connectivity index (χ0v) is 12.4. The molecule has 0 unspecified atom stereocenters. The van der Waals surface area contributed by atoms with Gasteiger partial charge in [-0.15, -0.1) is 11.3 Å². The van der Waals surface area contributed by atoms with Crippen molar-refractivity contribution >= 4 is 27.4 Å². The Labute approximate surface area is 129 Å². The van der Waals surface area contributed by atoms with E-state index in [4.69, 9.17) is 5.26 Å². The highest BCUT2D eigenvalue weighted by molar-refractivity contribution is 7.21. The quantitative estimate of drug-likeness (QED) is 0.753. The van der Waals surface area contributed by atoms with Crippen LogP contribution in [0.1, 0.15) is 20.8 Å². The van der Waals surface area contributed by atoms with Crippen molar-refractivity contribution < 1.29 is 14.3 Å². The van der Waals surface area contributed by atoms with E-state index in [1.807, 2.05) is 0 Å². The molecule has 3 nitrogen and oxygen atoms in total. The van der Waals surface area contributed by atoms with Gasteiger partial charge in [-0.2, -0.15) is 5.26 Å². The number of carbonyl (C=O) groups is 1. The molecule has 0 bridgehead atoms. The Morgan fingerprint density at radius 1 is 1.32 bits per heavy atom. The zero-order chi connectivity index (χ0) is 15.9. The summed E-state index contributed by atoms with van der Waals surface area (Å²) < 4.78 is 14.0. The van der Waals surface area contributed by atoms with Gasteiger partial charge in [0.2, 0.25) is 0 Å². The molecule has 5 heteroatoms. The molecule has 108 valence electrons. The Morgan fingerprint density at radius 2 is 2.09 bits per heavy atom. The fourth-order valence-corrected chi connectivity index (χ4v) is 3.60. The number of benzene rings is 2. The molecular formula is C17H10FNO2S. The summed E-state index contributed by atoms with van der Waals surface area (Å²) in [5.74, 6) is -1.46. The molecular weight excluding hydrogens is 301 g/mol. The van der Waals surface area contributed by atoms with Crippen LogP contribution in [0.4, 0.5) is 4.39 Å². The van der Waals surface area contributed by atoms with Crippen molar-refractivity contribution in [1.29, 1.82) is 5.26 Å². The van der Waals surface area contributed by atoms with Crippen LogP contribution in [0.15, 0.2) is 36.4 Å². The lowest BCUT2D eigenvalue weighted by Gasteiger charge is -2.08. The second-order valence-electron chi connectivity index (χ2n) is 4.84. The summed E-state index contributed by atoms with van der Waals surface area (Å²) in [6.07, 6.45) is 0. The van der Waals surface area contributed by atoms with E-state index in [1.54, 1.807) is 31.2 Å². The van der Waals surface area contributed by atoms with E-state index in [2.05, 4.69) is 6.07 Å². The lowest BCUT2D eigenvalue weighted by molar-refractivity contribution is 0.0703. The molecule has 0 radical (unpaired) electrons. The van der Waals surface area contributed by atoms with Gasteiger partial charge in [-0.3, -0.25) is 0 Å². The predicted octanol–water partition coefficient (Wildman–Crippen LogP) is 4.59. The van der Waals surface area contributed by atoms with Crippen molar-refractivity contribution in [3.8, 4) is 17.2 Å². The topological polar surface area (TPSA) is 61.1 Å². The van der Waals surface area contributed by atoms with Gasteiger partial charge in [0, 0.05) is 15.6 Å². The lowest BCUT2D eigenvalue weighted by atomic mass is 9.95. The number of thiophene rings is 1.